The molecule has 4 aromatic carbocycles. The predicted octanol–water partition coefficient (Wildman–Crippen LogP) is 13.8. The van der Waals surface area contributed by atoms with E-state index in [4.69, 9.17) is 29.7 Å². The minimum atomic E-state index is -3.52. The number of benzene rings is 4. The number of aliphatic carboxylic acids is 2. The summed E-state index contributed by atoms with van der Waals surface area (Å²) in [6.45, 7) is 34.1. The van der Waals surface area contributed by atoms with Crippen molar-refractivity contribution in [3.8, 4) is 23.0 Å². The van der Waals surface area contributed by atoms with Crippen molar-refractivity contribution in [2.24, 2.45) is 5.73 Å². The monoisotopic (exact) mass is 1070 g/mol. The first-order valence-corrected chi connectivity index (χ1v) is 28.3. The van der Waals surface area contributed by atoms with Crippen molar-refractivity contribution in [2.75, 3.05) is 26.4 Å². The van der Waals surface area contributed by atoms with Crippen LogP contribution in [0.4, 0.5) is 0 Å². The summed E-state index contributed by atoms with van der Waals surface area (Å²) in [4.78, 5) is 25.0. The molecule has 1 aliphatic heterocycles. The van der Waals surface area contributed by atoms with Crippen LogP contribution in [0.2, 0.25) is 0 Å². The fraction of sp³-hybridized carbons (Fsp3) is 0.509. The lowest BCUT2D eigenvalue weighted by Crippen LogP contribution is -2.42. The Hall–Kier alpha value is -3.51. The van der Waals surface area contributed by atoms with E-state index in [2.05, 4.69) is 101 Å². The summed E-state index contributed by atoms with van der Waals surface area (Å²) < 4.78 is 32.1. The van der Waals surface area contributed by atoms with Gasteiger partial charge in [-0.25, -0.2) is 0 Å². The minimum Gasteiger partial charge on any atom is -0.506 e. The Balaban J connectivity index is 0.00000110. The molecular weight excluding hydrogens is 1000 g/mol. The fourth-order valence-corrected chi connectivity index (χ4v) is 13.0. The van der Waals surface area contributed by atoms with E-state index < -0.39 is 37.3 Å². The van der Waals surface area contributed by atoms with Crippen molar-refractivity contribution in [1.82, 2.24) is 5.32 Å². The van der Waals surface area contributed by atoms with Crippen molar-refractivity contribution in [3.05, 3.63) is 70.8 Å². The SMILES string of the molecule is CCOP(=O)(OCC)C(C)(C)NCCOc1c2cc(C(C)(C)C)cc1Sc1cc(C(C)(C)C)cc(c1O)Sc1cc(C(C)(C)C)cc(c1O)Sc1cc(C(C)(C)C)cc(c1O)S2.NC(CC(=O)O)C(=O)O. The minimum absolute atomic E-state index is 0.0935. The maximum Gasteiger partial charge on any atom is 0.349 e. The van der Waals surface area contributed by atoms with Crippen molar-refractivity contribution in [1.29, 1.82) is 0 Å². The van der Waals surface area contributed by atoms with Crippen molar-refractivity contribution in [2.45, 2.75) is 189 Å². The predicted molar refractivity (Wildman–Crippen MR) is 288 cm³/mol. The smallest absolute Gasteiger partial charge is 0.349 e. The molecule has 392 valence electrons. The van der Waals surface area contributed by atoms with Gasteiger partial charge in [0, 0.05) is 6.54 Å². The second kappa shape index (κ2) is 23.4. The number of aromatic hydroxyl groups is 3. The number of hydrogen-bond acceptors (Lipinski definition) is 15. The van der Waals surface area contributed by atoms with E-state index in [-0.39, 0.29) is 58.7 Å². The molecule has 1 heterocycles. The number of hydrogen-bond donors (Lipinski definition) is 7. The third-order valence-corrected chi connectivity index (χ3v) is 18.3. The average Bonchev–Trinajstić information content (AvgIpc) is 3.22. The van der Waals surface area contributed by atoms with Crippen molar-refractivity contribution < 1.29 is 53.5 Å². The van der Waals surface area contributed by atoms with Gasteiger partial charge in [0.05, 0.1) is 58.8 Å². The molecule has 0 fully saturated rings. The van der Waals surface area contributed by atoms with Gasteiger partial charge in [0.2, 0.25) is 0 Å². The summed E-state index contributed by atoms with van der Waals surface area (Å²) in [6, 6.07) is 15.2. The number of phenolic OH excluding ortho intramolecular Hbond substituents is 3. The quantitative estimate of drug-likeness (QED) is 0.0431. The third-order valence-electron chi connectivity index (χ3n) is 11.4. The number of fused-ring (bicyclic) bond motifs is 8. The molecule has 0 saturated heterocycles. The first kappa shape index (κ1) is 60.0. The van der Waals surface area contributed by atoms with Crippen LogP contribution in [0.15, 0.2) is 87.7 Å². The van der Waals surface area contributed by atoms with E-state index in [9.17, 15) is 29.5 Å². The topological polar surface area (TPSA) is 218 Å². The number of ether oxygens (including phenoxy) is 1. The summed E-state index contributed by atoms with van der Waals surface area (Å²) in [6.07, 6.45) is -0.532. The van der Waals surface area contributed by atoms with Crippen LogP contribution in [0.5, 0.6) is 23.0 Å². The molecule has 0 spiro atoms. The number of nitrogens with one attached hydrogen (secondary N) is 1. The molecule has 5 rings (SSSR count). The van der Waals surface area contributed by atoms with Crippen molar-refractivity contribution in [3.63, 3.8) is 0 Å². The van der Waals surface area contributed by atoms with Crippen LogP contribution >= 0.6 is 54.6 Å². The Morgan fingerprint density at radius 2 is 0.845 bits per heavy atom. The fourth-order valence-electron chi connectivity index (χ4n) is 6.87. The molecule has 13 nitrogen and oxygen atoms in total. The highest BCUT2D eigenvalue weighted by Gasteiger charge is 2.43. The molecule has 0 aromatic heterocycles. The molecular formula is C53H75N2O11PS4. The molecule has 0 amide bonds. The van der Waals surface area contributed by atoms with Crippen LogP contribution in [0.25, 0.3) is 0 Å². The standard InChI is InChI=1S/C49H68NO7PS4.C4H7NO4/c1-17-56-58(54,57-18-2)49(15,16)50-19-20-55-44-39-27-32(48(12,13)14)28-40(44)62-38-26-31(47(9,10)11)24-36(43(38)53)60-34-22-29(45(3,4)5)21-33(41(34)51)59-35-23-30(46(6,7)8)25-37(61-39)42(35)52;5-2(4(8)9)1-3(6)7/h21-28,50-53H,17-20H2,1-16H3;2H,1,5H2,(H,6,7)(H,8,9). The zero-order valence-electron chi connectivity index (χ0n) is 44.1. The molecule has 0 radical (unpaired) electrons. The number of carbonyl (C=O) groups is 2. The molecule has 18 heteroatoms. The van der Waals surface area contributed by atoms with Crippen molar-refractivity contribution >= 4 is 66.6 Å². The Morgan fingerprint density at radius 3 is 1.08 bits per heavy atom. The van der Waals surface area contributed by atoms with Crippen LogP contribution in [0.3, 0.4) is 0 Å². The Kier molecular flexibility index (Phi) is 19.8. The van der Waals surface area contributed by atoms with E-state index in [1.54, 1.807) is 13.8 Å². The van der Waals surface area contributed by atoms with Gasteiger partial charge in [-0.15, -0.1) is 0 Å². The van der Waals surface area contributed by atoms with Gasteiger partial charge in [0.15, 0.2) is 0 Å². The van der Waals surface area contributed by atoms with Crippen LogP contribution in [-0.4, -0.2) is 75.2 Å². The Bertz CT molecular complexity index is 2500. The van der Waals surface area contributed by atoms with E-state index in [1.807, 2.05) is 50.2 Å². The lowest BCUT2D eigenvalue weighted by atomic mass is 9.87. The first-order chi connectivity index (χ1) is 32.5. The third kappa shape index (κ3) is 15.5. The van der Waals surface area contributed by atoms with E-state index in [1.165, 1.54) is 47.0 Å². The highest BCUT2D eigenvalue weighted by molar-refractivity contribution is 8.01. The summed E-state index contributed by atoms with van der Waals surface area (Å²) >= 11 is 5.55. The molecule has 4 aromatic rings. The molecule has 1 unspecified atom stereocenters. The first-order valence-electron chi connectivity index (χ1n) is 23.5. The second-order valence-electron chi connectivity index (χ2n) is 21.9. The van der Waals surface area contributed by atoms with Gasteiger partial charge < -0.3 is 45.1 Å². The Morgan fingerprint density at radius 1 is 0.563 bits per heavy atom. The molecule has 1 atom stereocenters. The van der Waals surface area contributed by atoms with Crippen LogP contribution < -0.4 is 15.8 Å². The highest BCUT2D eigenvalue weighted by Crippen LogP contribution is 2.59. The summed E-state index contributed by atoms with van der Waals surface area (Å²) in [5, 5.41) is 55.1. The normalized spacial score (nSPS) is 14.0. The summed E-state index contributed by atoms with van der Waals surface area (Å²) in [7, 11) is -3.52. The lowest BCUT2D eigenvalue weighted by molar-refractivity contribution is -0.144. The Labute approximate surface area is 438 Å². The largest absolute Gasteiger partial charge is 0.506 e. The van der Waals surface area contributed by atoms with Crippen LogP contribution in [0, 0.1) is 0 Å². The number of rotatable bonds is 13. The highest BCUT2D eigenvalue weighted by atomic mass is 32.2. The second-order valence-corrected chi connectivity index (χ2v) is 28.8. The molecule has 8 bridgehead atoms. The summed E-state index contributed by atoms with van der Waals surface area (Å²) in [5.74, 6) is -1.59. The van der Waals surface area contributed by atoms with E-state index >= 15 is 0 Å². The number of carboxylic acid groups (broad SMARTS) is 2. The average molecular weight is 1080 g/mol. The van der Waals surface area contributed by atoms with Gasteiger partial charge in [0.1, 0.15) is 40.9 Å². The summed E-state index contributed by atoms with van der Waals surface area (Å²) in [5.41, 5.74) is 7.90. The van der Waals surface area contributed by atoms with E-state index in [0.29, 0.717) is 41.7 Å². The van der Waals surface area contributed by atoms with Gasteiger partial charge >= 0.3 is 19.5 Å². The molecule has 8 N–H and O–H groups in total. The lowest BCUT2D eigenvalue weighted by Gasteiger charge is -2.33. The molecule has 71 heavy (non-hydrogen) atoms. The molecule has 0 aliphatic carbocycles. The molecule has 1 aliphatic rings. The maximum atomic E-state index is 13.8. The van der Waals surface area contributed by atoms with Crippen LogP contribution in [0.1, 0.15) is 139 Å². The maximum absolute atomic E-state index is 13.8. The number of nitrogens with two attached hydrogens (primary N) is 1. The van der Waals surface area contributed by atoms with Gasteiger partial charge in [-0.2, -0.15) is 0 Å². The molecule has 0 saturated carbocycles. The number of carboxylic acids is 2. The number of phenols is 3. The zero-order valence-corrected chi connectivity index (χ0v) is 48.2. The van der Waals surface area contributed by atoms with E-state index in [0.717, 1.165) is 32.0 Å². The van der Waals surface area contributed by atoms with Gasteiger partial charge in [-0.1, -0.05) is 130 Å². The van der Waals surface area contributed by atoms with Crippen LogP contribution in [-0.2, 0) is 44.9 Å². The van der Waals surface area contributed by atoms with Gasteiger partial charge in [-0.3, -0.25) is 19.5 Å². The van der Waals surface area contributed by atoms with Gasteiger partial charge in [-0.05, 0) is 120 Å². The zero-order chi connectivity index (χ0) is 53.8. The van der Waals surface area contributed by atoms with Gasteiger partial charge in [0.25, 0.3) is 0 Å².